The number of rotatable bonds is 6. The fraction of sp³-hybridized carbons (Fsp3) is 0.211. The molecule has 0 aliphatic heterocycles. The Labute approximate surface area is 165 Å². The largest absolute Gasteiger partial charge is 0.325 e. The van der Waals surface area contributed by atoms with E-state index in [1.54, 1.807) is 6.33 Å². The van der Waals surface area contributed by atoms with Gasteiger partial charge in [0.25, 0.3) is 0 Å². The molecule has 0 fully saturated rings. The van der Waals surface area contributed by atoms with E-state index in [2.05, 4.69) is 57.4 Å². The van der Waals surface area contributed by atoms with Crippen LogP contribution in [0.1, 0.15) is 25.3 Å². The number of hydrogen-bond donors (Lipinski definition) is 1. The lowest BCUT2D eigenvalue weighted by atomic mass is 10.0. The van der Waals surface area contributed by atoms with Gasteiger partial charge in [-0.1, -0.05) is 59.7 Å². The molecule has 1 heterocycles. The van der Waals surface area contributed by atoms with Crippen LogP contribution in [0.4, 0.5) is 5.69 Å². The summed E-state index contributed by atoms with van der Waals surface area (Å²) in [6, 6.07) is 15.8. The normalized spacial score (nSPS) is 10.9. The molecule has 0 bridgehead atoms. The van der Waals surface area contributed by atoms with Gasteiger partial charge in [-0.15, -0.1) is 10.2 Å². The van der Waals surface area contributed by atoms with Gasteiger partial charge in [0.05, 0.1) is 5.75 Å². The highest BCUT2D eigenvalue weighted by atomic mass is 79.9. The van der Waals surface area contributed by atoms with Crippen molar-refractivity contribution < 1.29 is 4.79 Å². The minimum Gasteiger partial charge on any atom is -0.325 e. The molecule has 0 aliphatic carbocycles. The zero-order chi connectivity index (χ0) is 18.5. The van der Waals surface area contributed by atoms with E-state index in [0.717, 1.165) is 15.8 Å². The molecule has 3 aromatic rings. The van der Waals surface area contributed by atoms with Crippen molar-refractivity contribution in [1.82, 2.24) is 14.8 Å². The van der Waals surface area contributed by atoms with Crippen molar-refractivity contribution in [3.05, 3.63) is 64.9 Å². The molecule has 2 aromatic carbocycles. The summed E-state index contributed by atoms with van der Waals surface area (Å²) >= 11 is 4.75. The molecule has 0 unspecified atom stereocenters. The number of nitrogens with zero attached hydrogens (tertiary/aromatic N) is 3. The van der Waals surface area contributed by atoms with E-state index in [1.165, 1.54) is 17.3 Å². The zero-order valence-electron chi connectivity index (χ0n) is 14.5. The smallest absolute Gasteiger partial charge is 0.234 e. The van der Waals surface area contributed by atoms with Gasteiger partial charge in [-0.3, -0.25) is 9.36 Å². The molecule has 0 aliphatic rings. The van der Waals surface area contributed by atoms with E-state index in [4.69, 9.17) is 0 Å². The molecule has 0 saturated carbocycles. The number of aromatic nitrogens is 3. The lowest BCUT2D eigenvalue weighted by Gasteiger charge is -2.09. The van der Waals surface area contributed by atoms with E-state index in [-0.39, 0.29) is 11.7 Å². The standard InChI is InChI=1S/C19H19BrN4OS/c1-13(2)14-6-8-17(9-7-14)24-12-21-23-19(24)26-11-18(25)22-16-5-3-4-15(20)10-16/h3-10,12-13H,11H2,1-2H3,(H,22,25). The highest BCUT2D eigenvalue weighted by molar-refractivity contribution is 9.10. The Morgan fingerprint density at radius 2 is 2.00 bits per heavy atom. The molecule has 7 heteroatoms. The number of carbonyl (C=O) groups excluding carboxylic acids is 1. The van der Waals surface area contributed by atoms with Crippen LogP contribution in [-0.4, -0.2) is 26.4 Å². The summed E-state index contributed by atoms with van der Waals surface area (Å²) in [5.74, 6) is 0.660. The minimum absolute atomic E-state index is 0.0854. The van der Waals surface area contributed by atoms with E-state index < -0.39 is 0 Å². The second-order valence-electron chi connectivity index (χ2n) is 6.08. The van der Waals surface area contributed by atoms with Crippen LogP contribution in [-0.2, 0) is 4.79 Å². The zero-order valence-corrected chi connectivity index (χ0v) is 16.9. The summed E-state index contributed by atoms with van der Waals surface area (Å²) in [7, 11) is 0. The summed E-state index contributed by atoms with van der Waals surface area (Å²) in [6.07, 6.45) is 1.67. The average molecular weight is 431 g/mol. The topological polar surface area (TPSA) is 59.8 Å². The van der Waals surface area contributed by atoms with Crippen molar-refractivity contribution in [2.24, 2.45) is 0 Å². The predicted octanol–water partition coefficient (Wildman–Crippen LogP) is 4.88. The molecular formula is C19H19BrN4OS. The molecule has 1 N–H and O–H groups in total. The molecule has 1 amide bonds. The fourth-order valence-electron chi connectivity index (χ4n) is 2.41. The first-order valence-electron chi connectivity index (χ1n) is 8.21. The van der Waals surface area contributed by atoms with Gasteiger partial charge in [0.1, 0.15) is 6.33 Å². The van der Waals surface area contributed by atoms with Crippen molar-refractivity contribution in [3.63, 3.8) is 0 Å². The Morgan fingerprint density at radius 3 is 2.69 bits per heavy atom. The summed E-state index contributed by atoms with van der Waals surface area (Å²) in [5.41, 5.74) is 3.02. The Morgan fingerprint density at radius 1 is 1.23 bits per heavy atom. The minimum atomic E-state index is -0.0854. The van der Waals surface area contributed by atoms with Crippen molar-refractivity contribution in [1.29, 1.82) is 0 Å². The lowest BCUT2D eigenvalue weighted by Crippen LogP contribution is -2.14. The highest BCUT2D eigenvalue weighted by Gasteiger charge is 2.11. The molecule has 0 radical (unpaired) electrons. The number of amides is 1. The van der Waals surface area contributed by atoms with Crippen LogP contribution in [0.25, 0.3) is 5.69 Å². The molecule has 1 aromatic heterocycles. The molecular weight excluding hydrogens is 412 g/mol. The number of nitrogens with one attached hydrogen (secondary N) is 1. The van der Waals surface area contributed by atoms with Crippen molar-refractivity contribution in [2.75, 3.05) is 11.1 Å². The van der Waals surface area contributed by atoms with Gasteiger partial charge in [0.15, 0.2) is 5.16 Å². The Bertz CT molecular complexity index is 893. The maximum absolute atomic E-state index is 12.2. The van der Waals surface area contributed by atoms with E-state index in [9.17, 15) is 4.79 Å². The van der Waals surface area contributed by atoms with Crippen LogP contribution in [0.15, 0.2) is 64.5 Å². The van der Waals surface area contributed by atoms with Gasteiger partial charge < -0.3 is 5.32 Å². The lowest BCUT2D eigenvalue weighted by molar-refractivity contribution is -0.113. The SMILES string of the molecule is CC(C)c1ccc(-n2cnnc2SCC(=O)Nc2cccc(Br)c2)cc1. The third-order valence-corrected chi connectivity index (χ3v) is 5.23. The van der Waals surface area contributed by atoms with Crippen LogP contribution in [0, 0.1) is 0 Å². The third-order valence-electron chi connectivity index (χ3n) is 3.80. The number of anilines is 1. The Hall–Kier alpha value is -2.12. The summed E-state index contributed by atoms with van der Waals surface area (Å²) in [6.45, 7) is 4.33. The average Bonchev–Trinajstić information content (AvgIpc) is 3.08. The van der Waals surface area contributed by atoms with Crippen molar-refractivity contribution >= 4 is 39.3 Å². The quantitative estimate of drug-likeness (QED) is 0.565. The van der Waals surface area contributed by atoms with E-state index in [1.807, 2.05) is 41.0 Å². The van der Waals surface area contributed by atoms with Gasteiger partial charge >= 0.3 is 0 Å². The van der Waals surface area contributed by atoms with Gasteiger partial charge in [0.2, 0.25) is 5.91 Å². The predicted molar refractivity (Wildman–Crippen MR) is 109 cm³/mol. The summed E-state index contributed by atoms with van der Waals surface area (Å²) < 4.78 is 2.81. The summed E-state index contributed by atoms with van der Waals surface area (Å²) in [5, 5.41) is 11.7. The third kappa shape index (κ3) is 4.74. The van der Waals surface area contributed by atoms with Crippen molar-refractivity contribution in [2.45, 2.75) is 24.9 Å². The maximum Gasteiger partial charge on any atom is 0.234 e. The molecule has 0 saturated heterocycles. The molecule has 26 heavy (non-hydrogen) atoms. The monoisotopic (exact) mass is 430 g/mol. The number of carbonyl (C=O) groups is 1. The molecule has 0 spiro atoms. The van der Waals surface area contributed by atoms with E-state index in [0.29, 0.717) is 11.1 Å². The number of benzene rings is 2. The summed E-state index contributed by atoms with van der Waals surface area (Å²) in [4.78, 5) is 12.2. The molecule has 134 valence electrons. The Balaban J connectivity index is 1.64. The maximum atomic E-state index is 12.2. The van der Waals surface area contributed by atoms with Crippen LogP contribution in [0.3, 0.4) is 0 Å². The van der Waals surface area contributed by atoms with Crippen molar-refractivity contribution in [3.8, 4) is 5.69 Å². The van der Waals surface area contributed by atoms with Gasteiger partial charge in [-0.25, -0.2) is 0 Å². The first-order valence-corrected chi connectivity index (χ1v) is 9.99. The Kier molecular flexibility index (Phi) is 6.11. The second kappa shape index (κ2) is 8.51. The van der Waals surface area contributed by atoms with Crippen LogP contribution >= 0.6 is 27.7 Å². The van der Waals surface area contributed by atoms with Crippen LogP contribution in [0.2, 0.25) is 0 Å². The van der Waals surface area contributed by atoms with Gasteiger partial charge in [-0.05, 0) is 41.8 Å². The number of thioether (sulfide) groups is 1. The molecule has 5 nitrogen and oxygen atoms in total. The highest BCUT2D eigenvalue weighted by Crippen LogP contribution is 2.22. The van der Waals surface area contributed by atoms with Crippen LogP contribution in [0.5, 0.6) is 0 Å². The van der Waals surface area contributed by atoms with Gasteiger partial charge in [0, 0.05) is 15.8 Å². The molecule has 3 rings (SSSR count). The van der Waals surface area contributed by atoms with Crippen LogP contribution < -0.4 is 5.32 Å². The molecule has 0 atom stereocenters. The number of halogens is 1. The fourth-order valence-corrected chi connectivity index (χ4v) is 3.54. The number of hydrogen-bond acceptors (Lipinski definition) is 4. The second-order valence-corrected chi connectivity index (χ2v) is 7.94. The van der Waals surface area contributed by atoms with E-state index >= 15 is 0 Å². The van der Waals surface area contributed by atoms with Gasteiger partial charge in [-0.2, -0.15) is 0 Å². The first kappa shape index (κ1) is 18.7. The first-order chi connectivity index (χ1) is 12.5.